The predicted molar refractivity (Wildman–Crippen MR) is 45.2 cm³/mol. The molecule has 1 aliphatic heterocycles. The maximum atomic E-state index is 4.21. The SMILES string of the molecule is C1=Nc2cn3cccc3c2=C1. The van der Waals surface area contributed by atoms with E-state index in [1.165, 1.54) is 10.7 Å². The highest BCUT2D eigenvalue weighted by atomic mass is 14.9. The van der Waals surface area contributed by atoms with Crippen LogP contribution in [0.2, 0.25) is 0 Å². The van der Waals surface area contributed by atoms with Crippen molar-refractivity contribution in [3.63, 3.8) is 0 Å². The van der Waals surface area contributed by atoms with Gasteiger partial charge in [0.05, 0.1) is 11.2 Å². The summed E-state index contributed by atoms with van der Waals surface area (Å²) >= 11 is 0. The molecule has 0 fully saturated rings. The van der Waals surface area contributed by atoms with Crippen molar-refractivity contribution in [2.75, 3.05) is 0 Å². The number of aliphatic imine (C=N–C) groups is 1. The van der Waals surface area contributed by atoms with Gasteiger partial charge >= 0.3 is 0 Å². The number of rotatable bonds is 0. The molecule has 0 amide bonds. The topological polar surface area (TPSA) is 16.8 Å². The molecule has 11 heavy (non-hydrogen) atoms. The summed E-state index contributed by atoms with van der Waals surface area (Å²) in [6.45, 7) is 0. The molecule has 2 heteroatoms. The Labute approximate surface area is 63.5 Å². The van der Waals surface area contributed by atoms with Crippen LogP contribution in [-0.4, -0.2) is 10.6 Å². The third-order valence-electron chi connectivity index (χ3n) is 2.05. The molecule has 0 aromatic carbocycles. The lowest BCUT2D eigenvalue weighted by atomic mass is 10.3. The van der Waals surface area contributed by atoms with E-state index in [1.807, 2.05) is 30.8 Å². The van der Waals surface area contributed by atoms with E-state index < -0.39 is 0 Å². The van der Waals surface area contributed by atoms with E-state index in [0.29, 0.717) is 0 Å². The van der Waals surface area contributed by atoms with Crippen LogP contribution in [0, 0.1) is 0 Å². The van der Waals surface area contributed by atoms with Gasteiger partial charge in [0.2, 0.25) is 0 Å². The third-order valence-corrected chi connectivity index (χ3v) is 2.05. The van der Waals surface area contributed by atoms with Gasteiger partial charge in [-0.1, -0.05) is 0 Å². The average Bonchev–Trinajstić information content (AvgIpc) is 2.52. The van der Waals surface area contributed by atoms with Crippen LogP contribution in [-0.2, 0) is 0 Å². The van der Waals surface area contributed by atoms with Gasteiger partial charge < -0.3 is 4.40 Å². The van der Waals surface area contributed by atoms with Gasteiger partial charge in [0.1, 0.15) is 0 Å². The fourth-order valence-electron chi connectivity index (χ4n) is 1.53. The minimum atomic E-state index is 1.08. The molecule has 0 bridgehead atoms. The zero-order valence-corrected chi connectivity index (χ0v) is 5.86. The summed E-state index contributed by atoms with van der Waals surface area (Å²) in [4.78, 5) is 4.21. The Hall–Kier alpha value is -1.57. The summed E-state index contributed by atoms with van der Waals surface area (Å²) in [5, 5.41) is 1.25. The first-order chi connectivity index (χ1) is 5.45. The second-order valence-corrected chi connectivity index (χ2v) is 2.67. The molecule has 0 atom stereocenters. The van der Waals surface area contributed by atoms with Crippen LogP contribution in [0.1, 0.15) is 0 Å². The Morgan fingerprint density at radius 2 is 2.36 bits per heavy atom. The molecule has 0 radical (unpaired) electrons. The van der Waals surface area contributed by atoms with Crippen LogP contribution in [0.4, 0.5) is 5.69 Å². The first-order valence-electron chi connectivity index (χ1n) is 3.59. The van der Waals surface area contributed by atoms with Gasteiger partial charge in [0.25, 0.3) is 0 Å². The van der Waals surface area contributed by atoms with Crippen molar-refractivity contribution >= 4 is 23.5 Å². The van der Waals surface area contributed by atoms with Gasteiger partial charge in [-0.15, -0.1) is 0 Å². The standard InChI is InChI=1S/C9H6N2/c1-2-9-7-3-4-10-8(7)6-11(9)5-1/h1-6H. The Bertz CT molecular complexity index is 491. The molecule has 3 rings (SSSR count). The van der Waals surface area contributed by atoms with Crippen LogP contribution in [0.15, 0.2) is 29.5 Å². The maximum Gasteiger partial charge on any atom is 0.0889 e. The Balaban J connectivity index is 2.68. The molecule has 0 unspecified atom stereocenters. The monoisotopic (exact) mass is 142 g/mol. The zero-order valence-electron chi connectivity index (χ0n) is 5.86. The molecular weight excluding hydrogens is 136 g/mol. The second-order valence-electron chi connectivity index (χ2n) is 2.67. The van der Waals surface area contributed by atoms with E-state index in [0.717, 1.165) is 5.69 Å². The first kappa shape index (κ1) is 5.13. The number of hydrogen-bond acceptors (Lipinski definition) is 1. The summed E-state index contributed by atoms with van der Waals surface area (Å²) in [5.74, 6) is 0. The highest BCUT2D eigenvalue weighted by molar-refractivity contribution is 5.99. The van der Waals surface area contributed by atoms with Crippen molar-refractivity contribution in [1.82, 2.24) is 4.40 Å². The molecule has 2 aromatic rings. The van der Waals surface area contributed by atoms with Crippen LogP contribution >= 0.6 is 0 Å². The quantitative estimate of drug-likeness (QED) is 0.525. The fraction of sp³-hybridized carbons (Fsp3) is 0. The lowest BCUT2D eigenvalue weighted by Gasteiger charge is -1.78. The lowest BCUT2D eigenvalue weighted by molar-refractivity contribution is 1.23. The van der Waals surface area contributed by atoms with Gasteiger partial charge in [-0.2, -0.15) is 0 Å². The molecule has 0 spiro atoms. The molecule has 0 saturated heterocycles. The van der Waals surface area contributed by atoms with E-state index in [4.69, 9.17) is 0 Å². The van der Waals surface area contributed by atoms with Gasteiger partial charge in [-0.05, 0) is 18.2 Å². The van der Waals surface area contributed by atoms with Gasteiger partial charge in [0, 0.05) is 23.8 Å². The largest absolute Gasteiger partial charge is 0.321 e. The smallest absolute Gasteiger partial charge is 0.0889 e. The average molecular weight is 142 g/mol. The van der Waals surface area contributed by atoms with E-state index in [2.05, 4.69) is 15.5 Å². The van der Waals surface area contributed by atoms with Crippen LogP contribution < -0.4 is 5.22 Å². The van der Waals surface area contributed by atoms with Crippen molar-refractivity contribution < 1.29 is 0 Å². The molecule has 52 valence electrons. The molecule has 0 saturated carbocycles. The van der Waals surface area contributed by atoms with Crippen LogP contribution in [0.3, 0.4) is 0 Å². The molecule has 2 aromatic heterocycles. The number of hydrogen-bond donors (Lipinski definition) is 0. The zero-order chi connectivity index (χ0) is 7.26. The molecule has 1 aliphatic rings. The summed E-state index contributed by atoms with van der Waals surface area (Å²) in [6.07, 6.45) is 7.98. The summed E-state index contributed by atoms with van der Waals surface area (Å²) in [5.41, 5.74) is 2.33. The van der Waals surface area contributed by atoms with Crippen molar-refractivity contribution in [2.45, 2.75) is 0 Å². The highest BCUT2D eigenvalue weighted by Gasteiger charge is 2.04. The molecular formula is C9H6N2. The van der Waals surface area contributed by atoms with Crippen LogP contribution in [0.25, 0.3) is 11.6 Å². The second kappa shape index (κ2) is 1.53. The first-order valence-corrected chi connectivity index (χ1v) is 3.59. The fourth-order valence-corrected chi connectivity index (χ4v) is 1.53. The van der Waals surface area contributed by atoms with Crippen LogP contribution in [0.5, 0.6) is 0 Å². The number of fused-ring (bicyclic) bond motifs is 3. The molecule has 2 nitrogen and oxygen atoms in total. The number of nitrogens with zero attached hydrogens (tertiary/aromatic N) is 2. The Kier molecular flexibility index (Phi) is 0.714. The predicted octanol–water partition coefficient (Wildman–Crippen LogP) is 1.15. The summed E-state index contributed by atoms with van der Waals surface area (Å²) < 4.78 is 2.09. The molecule has 3 heterocycles. The summed E-state index contributed by atoms with van der Waals surface area (Å²) in [6, 6.07) is 4.14. The number of aromatic nitrogens is 1. The Morgan fingerprint density at radius 3 is 3.36 bits per heavy atom. The Morgan fingerprint density at radius 1 is 1.36 bits per heavy atom. The molecule has 0 N–H and O–H groups in total. The minimum Gasteiger partial charge on any atom is -0.321 e. The van der Waals surface area contributed by atoms with Gasteiger partial charge in [-0.3, -0.25) is 4.99 Å². The lowest BCUT2D eigenvalue weighted by Crippen LogP contribution is -1.92. The summed E-state index contributed by atoms with van der Waals surface area (Å²) in [7, 11) is 0. The van der Waals surface area contributed by atoms with Crippen molar-refractivity contribution in [2.24, 2.45) is 4.99 Å². The highest BCUT2D eigenvalue weighted by Crippen LogP contribution is 2.13. The van der Waals surface area contributed by atoms with E-state index in [-0.39, 0.29) is 0 Å². The van der Waals surface area contributed by atoms with E-state index >= 15 is 0 Å². The minimum absolute atomic E-state index is 1.08. The normalized spacial score (nSPS) is 13.8. The van der Waals surface area contributed by atoms with Gasteiger partial charge in [0.15, 0.2) is 0 Å². The third kappa shape index (κ3) is 0.499. The van der Waals surface area contributed by atoms with Gasteiger partial charge in [-0.25, -0.2) is 0 Å². The molecule has 0 aliphatic carbocycles. The van der Waals surface area contributed by atoms with E-state index in [9.17, 15) is 0 Å². The maximum absolute atomic E-state index is 4.21. The van der Waals surface area contributed by atoms with Crippen molar-refractivity contribution in [3.8, 4) is 0 Å². The van der Waals surface area contributed by atoms with Crippen molar-refractivity contribution in [3.05, 3.63) is 29.7 Å². The van der Waals surface area contributed by atoms with E-state index in [1.54, 1.807) is 0 Å². The van der Waals surface area contributed by atoms with Crippen molar-refractivity contribution in [1.29, 1.82) is 0 Å².